The number of nitrogens with zero attached hydrogens (tertiary/aromatic N) is 1. The standard InChI is InChI=1S/C10H12BrNO/c11-10-4-1-3-9(7-10)8-12-5-2-6-13-12/h1,3-4,7H,2,5-6,8H2. The summed E-state index contributed by atoms with van der Waals surface area (Å²) < 4.78 is 1.13. The Labute approximate surface area is 86.6 Å². The van der Waals surface area contributed by atoms with Crippen LogP contribution in [0.4, 0.5) is 0 Å². The lowest BCUT2D eigenvalue weighted by molar-refractivity contribution is -0.117. The van der Waals surface area contributed by atoms with Crippen LogP contribution in [0.3, 0.4) is 0 Å². The van der Waals surface area contributed by atoms with E-state index >= 15 is 0 Å². The first-order valence-electron chi connectivity index (χ1n) is 4.47. The van der Waals surface area contributed by atoms with Crippen LogP contribution in [0.25, 0.3) is 0 Å². The van der Waals surface area contributed by atoms with Crippen LogP contribution >= 0.6 is 15.9 Å². The second-order valence-corrected chi connectivity index (χ2v) is 4.10. The molecule has 0 aliphatic carbocycles. The molecular weight excluding hydrogens is 230 g/mol. The van der Waals surface area contributed by atoms with Gasteiger partial charge < -0.3 is 0 Å². The van der Waals surface area contributed by atoms with Gasteiger partial charge in [0.25, 0.3) is 0 Å². The highest BCUT2D eigenvalue weighted by molar-refractivity contribution is 9.10. The fourth-order valence-corrected chi connectivity index (χ4v) is 1.91. The summed E-state index contributed by atoms with van der Waals surface area (Å²) in [5, 5.41) is 2.02. The van der Waals surface area contributed by atoms with Gasteiger partial charge in [-0.3, -0.25) is 4.84 Å². The summed E-state index contributed by atoms with van der Waals surface area (Å²) in [7, 11) is 0. The third-order valence-electron chi connectivity index (χ3n) is 2.07. The van der Waals surface area contributed by atoms with Crippen LogP contribution in [-0.4, -0.2) is 18.2 Å². The fourth-order valence-electron chi connectivity index (χ4n) is 1.46. The maximum absolute atomic E-state index is 5.41. The third-order valence-corrected chi connectivity index (χ3v) is 2.57. The molecule has 1 fully saturated rings. The van der Waals surface area contributed by atoms with E-state index in [2.05, 4.69) is 34.1 Å². The van der Waals surface area contributed by atoms with Gasteiger partial charge in [-0.15, -0.1) is 0 Å². The van der Waals surface area contributed by atoms with Crippen molar-refractivity contribution in [2.45, 2.75) is 13.0 Å². The summed E-state index contributed by atoms with van der Waals surface area (Å²) in [5.74, 6) is 0. The van der Waals surface area contributed by atoms with E-state index in [1.54, 1.807) is 0 Å². The van der Waals surface area contributed by atoms with E-state index in [1.807, 2.05) is 11.1 Å². The van der Waals surface area contributed by atoms with E-state index in [1.165, 1.54) is 5.56 Å². The molecule has 0 N–H and O–H groups in total. The Balaban J connectivity index is 2.00. The molecule has 70 valence electrons. The zero-order chi connectivity index (χ0) is 9.10. The molecular formula is C10H12BrNO. The van der Waals surface area contributed by atoms with Crippen LogP contribution < -0.4 is 0 Å². The number of hydroxylamine groups is 2. The number of rotatable bonds is 2. The Bertz CT molecular complexity index is 284. The largest absolute Gasteiger partial charge is 0.299 e. The molecule has 1 saturated heterocycles. The minimum absolute atomic E-state index is 0.869. The normalized spacial score (nSPS) is 17.9. The van der Waals surface area contributed by atoms with E-state index in [0.29, 0.717) is 0 Å². The van der Waals surface area contributed by atoms with Crippen molar-refractivity contribution in [1.29, 1.82) is 0 Å². The van der Waals surface area contributed by atoms with Crippen LogP contribution in [-0.2, 0) is 11.4 Å². The zero-order valence-electron chi connectivity index (χ0n) is 7.37. The molecule has 0 saturated carbocycles. The minimum Gasteiger partial charge on any atom is -0.299 e. The molecule has 0 amide bonds. The maximum Gasteiger partial charge on any atom is 0.0698 e. The number of halogens is 1. The predicted molar refractivity (Wildman–Crippen MR) is 55.1 cm³/mol. The topological polar surface area (TPSA) is 12.5 Å². The van der Waals surface area contributed by atoms with E-state index in [-0.39, 0.29) is 0 Å². The molecule has 1 aliphatic rings. The summed E-state index contributed by atoms with van der Waals surface area (Å²) in [6.45, 7) is 2.81. The summed E-state index contributed by atoms with van der Waals surface area (Å²) in [6, 6.07) is 8.33. The molecule has 1 aliphatic heterocycles. The molecule has 0 radical (unpaired) electrons. The van der Waals surface area contributed by atoms with Gasteiger partial charge >= 0.3 is 0 Å². The van der Waals surface area contributed by atoms with Gasteiger partial charge in [-0.05, 0) is 24.1 Å². The van der Waals surface area contributed by atoms with Crippen molar-refractivity contribution in [1.82, 2.24) is 5.06 Å². The molecule has 0 atom stereocenters. The second-order valence-electron chi connectivity index (χ2n) is 3.18. The Morgan fingerprint density at radius 1 is 1.46 bits per heavy atom. The minimum atomic E-state index is 0.869. The van der Waals surface area contributed by atoms with Gasteiger partial charge in [-0.25, -0.2) is 0 Å². The molecule has 0 spiro atoms. The lowest BCUT2D eigenvalue weighted by atomic mass is 10.2. The molecule has 0 bridgehead atoms. The first kappa shape index (κ1) is 9.19. The van der Waals surface area contributed by atoms with E-state index in [4.69, 9.17) is 4.84 Å². The van der Waals surface area contributed by atoms with Crippen molar-refractivity contribution in [2.75, 3.05) is 13.2 Å². The van der Waals surface area contributed by atoms with Crippen LogP contribution in [0.5, 0.6) is 0 Å². The maximum atomic E-state index is 5.41. The molecule has 13 heavy (non-hydrogen) atoms. The average Bonchev–Trinajstić information content (AvgIpc) is 2.57. The second kappa shape index (κ2) is 4.22. The Morgan fingerprint density at radius 3 is 3.08 bits per heavy atom. The SMILES string of the molecule is Brc1cccc(CN2CCCO2)c1. The van der Waals surface area contributed by atoms with Gasteiger partial charge in [0, 0.05) is 17.6 Å². The predicted octanol–water partition coefficient (Wildman–Crippen LogP) is 2.59. The monoisotopic (exact) mass is 241 g/mol. The lowest BCUT2D eigenvalue weighted by Crippen LogP contribution is -2.16. The molecule has 1 aromatic carbocycles. The highest BCUT2D eigenvalue weighted by Gasteiger charge is 2.12. The Hall–Kier alpha value is -0.380. The number of hydrogen-bond acceptors (Lipinski definition) is 2. The summed E-state index contributed by atoms with van der Waals surface area (Å²) in [4.78, 5) is 5.41. The Morgan fingerprint density at radius 2 is 2.38 bits per heavy atom. The lowest BCUT2D eigenvalue weighted by Gasteiger charge is -2.13. The van der Waals surface area contributed by atoms with Crippen molar-refractivity contribution >= 4 is 15.9 Å². The van der Waals surface area contributed by atoms with Crippen molar-refractivity contribution < 1.29 is 4.84 Å². The highest BCUT2D eigenvalue weighted by atomic mass is 79.9. The first-order valence-corrected chi connectivity index (χ1v) is 5.26. The zero-order valence-corrected chi connectivity index (χ0v) is 8.96. The highest BCUT2D eigenvalue weighted by Crippen LogP contribution is 2.15. The smallest absolute Gasteiger partial charge is 0.0698 e. The average molecular weight is 242 g/mol. The molecule has 1 heterocycles. The molecule has 0 unspecified atom stereocenters. The van der Waals surface area contributed by atoms with Crippen LogP contribution in [0, 0.1) is 0 Å². The van der Waals surface area contributed by atoms with Gasteiger partial charge in [-0.2, -0.15) is 5.06 Å². The van der Waals surface area contributed by atoms with Gasteiger partial charge in [-0.1, -0.05) is 28.1 Å². The molecule has 1 aromatic rings. The summed E-state index contributed by atoms with van der Waals surface area (Å²) in [6.07, 6.45) is 1.15. The summed E-state index contributed by atoms with van der Waals surface area (Å²) >= 11 is 3.45. The van der Waals surface area contributed by atoms with Crippen molar-refractivity contribution in [2.24, 2.45) is 0 Å². The van der Waals surface area contributed by atoms with Crippen molar-refractivity contribution in [3.63, 3.8) is 0 Å². The molecule has 2 rings (SSSR count). The molecule has 3 heteroatoms. The van der Waals surface area contributed by atoms with Crippen molar-refractivity contribution in [3.8, 4) is 0 Å². The van der Waals surface area contributed by atoms with E-state index < -0.39 is 0 Å². The van der Waals surface area contributed by atoms with Crippen LogP contribution in [0.15, 0.2) is 28.7 Å². The van der Waals surface area contributed by atoms with Gasteiger partial charge in [0.15, 0.2) is 0 Å². The molecule has 0 aromatic heterocycles. The van der Waals surface area contributed by atoms with E-state index in [9.17, 15) is 0 Å². The first-order chi connectivity index (χ1) is 6.34. The van der Waals surface area contributed by atoms with Gasteiger partial charge in [0.1, 0.15) is 0 Å². The van der Waals surface area contributed by atoms with Crippen LogP contribution in [0.1, 0.15) is 12.0 Å². The number of benzene rings is 1. The van der Waals surface area contributed by atoms with Crippen LogP contribution in [0.2, 0.25) is 0 Å². The Kier molecular flexibility index (Phi) is 2.98. The van der Waals surface area contributed by atoms with Gasteiger partial charge in [0.05, 0.1) is 6.61 Å². The third kappa shape index (κ3) is 2.53. The summed E-state index contributed by atoms with van der Waals surface area (Å²) in [5.41, 5.74) is 1.29. The van der Waals surface area contributed by atoms with Crippen molar-refractivity contribution in [3.05, 3.63) is 34.3 Å². The van der Waals surface area contributed by atoms with E-state index in [0.717, 1.165) is 30.6 Å². The molecule has 2 nitrogen and oxygen atoms in total. The van der Waals surface area contributed by atoms with Gasteiger partial charge in [0.2, 0.25) is 0 Å². The quantitative estimate of drug-likeness (QED) is 0.790. The fraction of sp³-hybridized carbons (Fsp3) is 0.400. The number of hydrogen-bond donors (Lipinski definition) is 0.